The van der Waals surface area contributed by atoms with E-state index in [2.05, 4.69) is 31.1 Å². The van der Waals surface area contributed by atoms with Gasteiger partial charge in [0, 0.05) is 19.1 Å². The number of hydrogen-bond acceptors (Lipinski definition) is 3. The van der Waals surface area contributed by atoms with Crippen LogP contribution in [0.15, 0.2) is 18.3 Å². The number of rotatable bonds is 5. The summed E-state index contributed by atoms with van der Waals surface area (Å²) in [5, 5.41) is 3.27. The number of anilines is 1. The fourth-order valence-electron chi connectivity index (χ4n) is 2.78. The summed E-state index contributed by atoms with van der Waals surface area (Å²) in [4.78, 5) is 18.8. The molecule has 20 heavy (non-hydrogen) atoms. The zero-order chi connectivity index (χ0) is 14.5. The molecule has 1 saturated heterocycles. The predicted molar refractivity (Wildman–Crippen MR) is 81.9 cm³/mol. The first kappa shape index (κ1) is 14.8. The van der Waals surface area contributed by atoms with Crippen LogP contribution in [0, 0.1) is 5.92 Å². The highest BCUT2D eigenvalue weighted by atomic mass is 16.2. The first-order chi connectivity index (χ1) is 9.63. The average Bonchev–Trinajstić information content (AvgIpc) is 2.94. The molecule has 0 saturated carbocycles. The maximum absolute atomic E-state index is 12.5. The lowest BCUT2D eigenvalue weighted by molar-refractivity contribution is 0.0695. The van der Waals surface area contributed by atoms with Crippen molar-refractivity contribution >= 4 is 11.6 Å². The van der Waals surface area contributed by atoms with Gasteiger partial charge in [0.25, 0.3) is 5.91 Å². The van der Waals surface area contributed by atoms with Gasteiger partial charge >= 0.3 is 0 Å². The highest BCUT2D eigenvalue weighted by Gasteiger charge is 2.31. The molecule has 2 heterocycles. The highest BCUT2D eigenvalue weighted by Crippen LogP contribution is 2.25. The zero-order valence-electron chi connectivity index (χ0n) is 12.7. The van der Waals surface area contributed by atoms with Crippen molar-refractivity contribution in [1.82, 2.24) is 9.88 Å². The van der Waals surface area contributed by atoms with Crippen molar-refractivity contribution in [3.05, 3.63) is 24.0 Å². The third kappa shape index (κ3) is 3.30. The molecule has 0 radical (unpaired) electrons. The predicted octanol–water partition coefficient (Wildman–Crippen LogP) is 3.16. The third-order valence-electron chi connectivity index (χ3n) is 3.89. The highest BCUT2D eigenvalue weighted by molar-refractivity contribution is 5.92. The molecule has 1 aromatic rings. The Morgan fingerprint density at radius 1 is 1.50 bits per heavy atom. The van der Waals surface area contributed by atoms with E-state index >= 15 is 0 Å². The van der Waals surface area contributed by atoms with Crippen LogP contribution in [0.25, 0.3) is 0 Å². The van der Waals surface area contributed by atoms with E-state index in [9.17, 15) is 4.79 Å². The molecular weight excluding hydrogens is 250 g/mol. The van der Waals surface area contributed by atoms with Gasteiger partial charge in [-0.2, -0.15) is 0 Å². The van der Waals surface area contributed by atoms with E-state index in [1.165, 1.54) is 0 Å². The molecule has 2 rings (SSSR count). The van der Waals surface area contributed by atoms with Gasteiger partial charge in [-0.25, -0.2) is 4.98 Å². The summed E-state index contributed by atoms with van der Waals surface area (Å²) in [6, 6.07) is 4.13. The van der Waals surface area contributed by atoms with Gasteiger partial charge in [0.05, 0.1) is 11.9 Å². The summed E-state index contributed by atoms with van der Waals surface area (Å²) >= 11 is 0. The number of pyridine rings is 1. The van der Waals surface area contributed by atoms with Crippen molar-refractivity contribution in [3.63, 3.8) is 0 Å². The summed E-state index contributed by atoms with van der Waals surface area (Å²) in [5.41, 5.74) is 1.53. The molecule has 110 valence electrons. The lowest BCUT2D eigenvalue weighted by atomic mass is 10.0. The second kappa shape index (κ2) is 6.73. The quantitative estimate of drug-likeness (QED) is 0.897. The zero-order valence-corrected chi connectivity index (χ0v) is 12.7. The topological polar surface area (TPSA) is 45.2 Å². The Morgan fingerprint density at radius 3 is 2.90 bits per heavy atom. The molecule has 1 aliphatic rings. The third-order valence-corrected chi connectivity index (χ3v) is 3.89. The maximum Gasteiger partial charge on any atom is 0.272 e. The average molecular weight is 275 g/mol. The van der Waals surface area contributed by atoms with Crippen LogP contribution in [0.3, 0.4) is 0 Å². The molecule has 1 N–H and O–H groups in total. The molecule has 1 atom stereocenters. The number of carbonyl (C=O) groups is 1. The molecule has 1 aliphatic heterocycles. The Balaban J connectivity index is 2.05. The Bertz CT molecular complexity index is 442. The molecule has 0 spiro atoms. The van der Waals surface area contributed by atoms with E-state index in [1.807, 2.05) is 17.0 Å². The van der Waals surface area contributed by atoms with E-state index in [0.29, 0.717) is 17.7 Å². The van der Waals surface area contributed by atoms with Crippen molar-refractivity contribution in [2.24, 2.45) is 5.92 Å². The first-order valence-electron chi connectivity index (χ1n) is 7.64. The summed E-state index contributed by atoms with van der Waals surface area (Å²) in [7, 11) is 0. The molecule has 1 unspecified atom stereocenters. The standard InChI is InChI=1S/C16H25N3O/c1-4-9-17-13-7-8-14(18-11-13)16(20)19-10-5-6-15(19)12(2)3/h7-8,11-12,15,17H,4-6,9-10H2,1-3H3. The van der Waals surface area contributed by atoms with Gasteiger partial charge in [-0.1, -0.05) is 20.8 Å². The number of amides is 1. The van der Waals surface area contributed by atoms with Crippen LogP contribution in [0.1, 0.15) is 50.5 Å². The number of nitrogens with one attached hydrogen (secondary N) is 1. The number of likely N-dealkylation sites (tertiary alicyclic amines) is 1. The van der Waals surface area contributed by atoms with Crippen LogP contribution in [0.5, 0.6) is 0 Å². The van der Waals surface area contributed by atoms with Gasteiger partial charge in [-0.05, 0) is 37.3 Å². The lowest BCUT2D eigenvalue weighted by Gasteiger charge is -2.27. The van der Waals surface area contributed by atoms with Gasteiger partial charge in [0.2, 0.25) is 0 Å². The summed E-state index contributed by atoms with van der Waals surface area (Å²) < 4.78 is 0. The van der Waals surface area contributed by atoms with Crippen LogP contribution >= 0.6 is 0 Å². The lowest BCUT2D eigenvalue weighted by Crippen LogP contribution is -2.38. The Morgan fingerprint density at radius 2 is 2.30 bits per heavy atom. The van der Waals surface area contributed by atoms with Crippen molar-refractivity contribution in [2.45, 2.75) is 46.1 Å². The minimum absolute atomic E-state index is 0.0724. The number of nitrogens with zero attached hydrogens (tertiary/aromatic N) is 2. The number of carbonyl (C=O) groups excluding carboxylic acids is 1. The fourth-order valence-corrected chi connectivity index (χ4v) is 2.78. The van der Waals surface area contributed by atoms with Crippen LogP contribution in [-0.4, -0.2) is 34.9 Å². The van der Waals surface area contributed by atoms with E-state index < -0.39 is 0 Å². The first-order valence-corrected chi connectivity index (χ1v) is 7.64. The van der Waals surface area contributed by atoms with Gasteiger partial charge in [-0.15, -0.1) is 0 Å². The summed E-state index contributed by atoms with van der Waals surface area (Å²) in [6.07, 6.45) is 5.04. The maximum atomic E-state index is 12.5. The van der Waals surface area contributed by atoms with Crippen LogP contribution < -0.4 is 5.32 Å². The normalized spacial score (nSPS) is 18.6. The van der Waals surface area contributed by atoms with Crippen molar-refractivity contribution < 1.29 is 4.79 Å². The van der Waals surface area contributed by atoms with Crippen LogP contribution in [0.2, 0.25) is 0 Å². The second-order valence-electron chi connectivity index (χ2n) is 5.81. The van der Waals surface area contributed by atoms with Crippen molar-refractivity contribution in [1.29, 1.82) is 0 Å². The van der Waals surface area contributed by atoms with E-state index in [4.69, 9.17) is 0 Å². The molecule has 4 heteroatoms. The Hall–Kier alpha value is -1.58. The minimum atomic E-state index is 0.0724. The van der Waals surface area contributed by atoms with Gasteiger partial charge < -0.3 is 10.2 Å². The number of hydrogen-bond donors (Lipinski definition) is 1. The monoisotopic (exact) mass is 275 g/mol. The second-order valence-corrected chi connectivity index (χ2v) is 5.81. The van der Waals surface area contributed by atoms with Gasteiger partial charge in [-0.3, -0.25) is 4.79 Å². The minimum Gasteiger partial charge on any atom is -0.384 e. The molecule has 0 aliphatic carbocycles. The smallest absolute Gasteiger partial charge is 0.272 e. The van der Waals surface area contributed by atoms with E-state index in [1.54, 1.807) is 6.20 Å². The molecule has 1 fully saturated rings. The summed E-state index contributed by atoms with van der Waals surface area (Å²) in [5.74, 6) is 0.579. The van der Waals surface area contributed by atoms with Gasteiger partial charge in [0.1, 0.15) is 5.69 Å². The molecule has 1 amide bonds. The van der Waals surface area contributed by atoms with Gasteiger partial charge in [0.15, 0.2) is 0 Å². The van der Waals surface area contributed by atoms with E-state index in [0.717, 1.165) is 38.0 Å². The largest absolute Gasteiger partial charge is 0.384 e. The van der Waals surface area contributed by atoms with Crippen LogP contribution in [0.4, 0.5) is 5.69 Å². The van der Waals surface area contributed by atoms with Crippen molar-refractivity contribution in [2.75, 3.05) is 18.4 Å². The molecule has 4 nitrogen and oxygen atoms in total. The molecule has 0 aromatic carbocycles. The van der Waals surface area contributed by atoms with Crippen molar-refractivity contribution in [3.8, 4) is 0 Å². The fraction of sp³-hybridized carbons (Fsp3) is 0.625. The molecular formula is C16H25N3O. The Labute approximate surface area is 121 Å². The molecule has 1 aromatic heterocycles. The SMILES string of the molecule is CCCNc1ccc(C(=O)N2CCCC2C(C)C)nc1. The van der Waals surface area contributed by atoms with Crippen LogP contribution in [-0.2, 0) is 0 Å². The Kier molecular flexibility index (Phi) is 4.99. The number of aromatic nitrogens is 1. The summed E-state index contributed by atoms with van der Waals surface area (Å²) in [6.45, 7) is 8.27. The molecule has 0 bridgehead atoms. The van der Waals surface area contributed by atoms with E-state index in [-0.39, 0.29) is 5.91 Å².